The van der Waals surface area contributed by atoms with E-state index in [1.54, 1.807) is 32.4 Å². The molecule has 3 rings (SSSR count). The summed E-state index contributed by atoms with van der Waals surface area (Å²) in [5, 5.41) is 10.4. The number of anilines is 1. The molecule has 1 atom stereocenters. The topological polar surface area (TPSA) is 89.1 Å². The van der Waals surface area contributed by atoms with Crippen molar-refractivity contribution in [3.63, 3.8) is 0 Å². The van der Waals surface area contributed by atoms with E-state index < -0.39 is 0 Å². The number of nitrogens with one attached hydrogen (secondary N) is 2. The molecule has 1 saturated carbocycles. The van der Waals surface area contributed by atoms with Crippen LogP contribution in [0, 0.1) is 0 Å². The predicted octanol–water partition coefficient (Wildman–Crippen LogP) is 3.60. The Labute approximate surface area is 157 Å². The third kappa shape index (κ3) is 4.30. The third-order valence-electron chi connectivity index (χ3n) is 4.54. The van der Waals surface area contributed by atoms with Crippen molar-refractivity contribution in [3.05, 3.63) is 24.0 Å². The van der Waals surface area contributed by atoms with E-state index in [0.29, 0.717) is 28.3 Å². The Hall–Kier alpha value is -2.22. The fraction of sp³-hybridized carbons (Fsp3) is 0.500. The van der Waals surface area contributed by atoms with Crippen molar-refractivity contribution < 1.29 is 14.3 Å². The molecule has 1 amide bonds. The van der Waals surface area contributed by atoms with E-state index in [1.165, 1.54) is 24.6 Å². The first kappa shape index (κ1) is 18.6. The van der Waals surface area contributed by atoms with Gasteiger partial charge in [0, 0.05) is 12.0 Å². The summed E-state index contributed by atoms with van der Waals surface area (Å²) in [4.78, 5) is 17.1. The molecule has 1 aromatic heterocycles. The van der Waals surface area contributed by atoms with Gasteiger partial charge in [-0.3, -0.25) is 9.89 Å². The van der Waals surface area contributed by atoms with Gasteiger partial charge < -0.3 is 14.8 Å². The molecule has 1 heterocycles. The molecule has 0 spiro atoms. The van der Waals surface area contributed by atoms with E-state index >= 15 is 0 Å². The molecule has 0 bridgehead atoms. The van der Waals surface area contributed by atoms with Crippen molar-refractivity contribution in [2.45, 2.75) is 48.9 Å². The number of ether oxygens (including phenoxy) is 2. The summed E-state index contributed by atoms with van der Waals surface area (Å²) in [6, 6.07) is 5.28. The maximum Gasteiger partial charge on any atom is 0.237 e. The average Bonchev–Trinajstić information content (AvgIpc) is 3.33. The van der Waals surface area contributed by atoms with Crippen LogP contribution in [0.2, 0.25) is 0 Å². The van der Waals surface area contributed by atoms with Crippen LogP contribution in [-0.4, -0.2) is 40.6 Å². The zero-order valence-corrected chi connectivity index (χ0v) is 16.1. The van der Waals surface area contributed by atoms with Crippen LogP contribution in [-0.2, 0) is 4.79 Å². The molecule has 1 aliphatic carbocycles. The second kappa shape index (κ2) is 8.44. The number of rotatable bonds is 7. The smallest absolute Gasteiger partial charge is 0.237 e. The van der Waals surface area contributed by atoms with Crippen LogP contribution in [0.3, 0.4) is 0 Å². The molecule has 1 aromatic carbocycles. The number of H-pyrrole nitrogens is 1. The van der Waals surface area contributed by atoms with E-state index in [9.17, 15) is 4.79 Å². The number of carbonyl (C=O) groups is 1. The van der Waals surface area contributed by atoms with Gasteiger partial charge in [0.15, 0.2) is 0 Å². The number of thioether (sulfide) groups is 1. The highest BCUT2D eigenvalue weighted by atomic mass is 32.2. The van der Waals surface area contributed by atoms with Crippen molar-refractivity contribution in [1.29, 1.82) is 0 Å². The summed E-state index contributed by atoms with van der Waals surface area (Å²) in [6.07, 6.45) is 4.81. The lowest BCUT2D eigenvalue weighted by atomic mass is 10.1. The third-order valence-corrected chi connectivity index (χ3v) is 5.50. The Kier molecular flexibility index (Phi) is 6.03. The number of amides is 1. The van der Waals surface area contributed by atoms with Gasteiger partial charge in [-0.05, 0) is 31.9 Å². The number of aromatic amines is 1. The second-order valence-electron chi connectivity index (χ2n) is 6.30. The van der Waals surface area contributed by atoms with Gasteiger partial charge in [0.05, 0.1) is 25.2 Å². The van der Waals surface area contributed by atoms with E-state index in [4.69, 9.17) is 9.47 Å². The van der Waals surface area contributed by atoms with E-state index in [-0.39, 0.29) is 11.2 Å². The minimum Gasteiger partial charge on any atom is -0.497 e. The average molecular weight is 376 g/mol. The van der Waals surface area contributed by atoms with Crippen LogP contribution >= 0.6 is 11.8 Å². The molecule has 0 radical (unpaired) electrons. The number of hydrogen-bond donors (Lipinski definition) is 2. The largest absolute Gasteiger partial charge is 0.497 e. The molecule has 0 saturated heterocycles. The highest BCUT2D eigenvalue weighted by Crippen LogP contribution is 2.33. The van der Waals surface area contributed by atoms with Crippen LogP contribution < -0.4 is 14.8 Å². The van der Waals surface area contributed by atoms with Gasteiger partial charge in [-0.2, -0.15) is 0 Å². The van der Waals surface area contributed by atoms with Crippen molar-refractivity contribution in [2.75, 3.05) is 19.5 Å². The van der Waals surface area contributed by atoms with Gasteiger partial charge in [0.1, 0.15) is 17.3 Å². The minimum atomic E-state index is -0.349. The maximum absolute atomic E-state index is 12.6. The molecule has 2 aromatic rings. The van der Waals surface area contributed by atoms with E-state index in [1.807, 2.05) is 6.92 Å². The van der Waals surface area contributed by atoms with Crippen LogP contribution in [0.15, 0.2) is 23.4 Å². The number of hydrogen-bond acceptors (Lipinski definition) is 6. The predicted molar refractivity (Wildman–Crippen MR) is 101 cm³/mol. The number of methoxy groups -OCH3 is 2. The van der Waals surface area contributed by atoms with Crippen LogP contribution in [0.1, 0.15) is 44.3 Å². The number of benzene rings is 1. The highest BCUT2D eigenvalue weighted by molar-refractivity contribution is 8.00. The number of nitrogens with zero attached hydrogens (tertiary/aromatic N) is 2. The first-order valence-electron chi connectivity index (χ1n) is 8.72. The van der Waals surface area contributed by atoms with Crippen molar-refractivity contribution in [2.24, 2.45) is 0 Å². The van der Waals surface area contributed by atoms with Gasteiger partial charge in [-0.25, -0.2) is 4.98 Å². The van der Waals surface area contributed by atoms with Gasteiger partial charge >= 0.3 is 0 Å². The minimum absolute atomic E-state index is 0.145. The van der Waals surface area contributed by atoms with Crippen LogP contribution in [0.4, 0.5) is 5.69 Å². The molecule has 0 aliphatic heterocycles. The number of carbonyl (C=O) groups excluding carboxylic acids is 1. The van der Waals surface area contributed by atoms with Gasteiger partial charge in [-0.15, -0.1) is 5.10 Å². The van der Waals surface area contributed by atoms with Crippen LogP contribution in [0.25, 0.3) is 0 Å². The van der Waals surface area contributed by atoms with Gasteiger partial charge in [0.25, 0.3) is 0 Å². The van der Waals surface area contributed by atoms with Crippen molar-refractivity contribution in [3.8, 4) is 11.5 Å². The second-order valence-corrected chi connectivity index (χ2v) is 7.61. The molecule has 7 nitrogen and oxygen atoms in total. The lowest BCUT2D eigenvalue weighted by Gasteiger charge is -2.14. The summed E-state index contributed by atoms with van der Waals surface area (Å²) in [7, 11) is 3.14. The summed E-state index contributed by atoms with van der Waals surface area (Å²) in [5.74, 6) is 2.50. The molecule has 1 aliphatic rings. The van der Waals surface area contributed by atoms with Crippen molar-refractivity contribution in [1.82, 2.24) is 15.2 Å². The standard InChI is InChI=1S/C18H24N4O3S/c1-11(26-18-20-16(21-22-18)12-6-4-5-7-12)17(23)19-14-10-13(24-2)8-9-15(14)25-3/h8-12H,4-7H2,1-3H3,(H,19,23)(H,20,21,22). The Morgan fingerprint density at radius 1 is 1.31 bits per heavy atom. The van der Waals surface area contributed by atoms with E-state index in [2.05, 4.69) is 20.5 Å². The Bertz CT molecular complexity index is 759. The Balaban J connectivity index is 1.63. The molecular weight excluding hydrogens is 352 g/mol. The van der Waals surface area contributed by atoms with E-state index in [0.717, 1.165) is 18.7 Å². The molecule has 1 unspecified atom stereocenters. The lowest BCUT2D eigenvalue weighted by molar-refractivity contribution is -0.115. The molecule has 8 heteroatoms. The summed E-state index contributed by atoms with van der Waals surface area (Å²) in [5.41, 5.74) is 0.575. The monoisotopic (exact) mass is 376 g/mol. The normalized spacial score (nSPS) is 15.7. The zero-order chi connectivity index (χ0) is 18.5. The van der Waals surface area contributed by atoms with Crippen molar-refractivity contribution >= 4 is 23.4 Å². The molecular formula is C18H24N4O3S. The fourth-order valence-electron chi connectivity index (χ4n) is 3.05. The van der Waals surface area contributed by atoms with Crippen LogP contribution in [0.5, 0.6) is 11.5 Å². The molecule has 1 fully saturated rings. The van der Waals surface area contributed by atoms with Gasteiger partial charge in [0.2, 0.25) is 11.1 Å². The molecule has 26 heavy (non-hydrogen) atoms. The first-order chi connectivity index (χ1) is 12.6. The quantitative estimate of drug-likeness (QED) is 0.718. The Morgan fingerprint density at radius 3 is 2.77 bits per heavy atom. The number of aromatic nitrogens is 3. The fourth-order valence-corrected chi connectivity index (χ4v) is 3.78. The maximum atomic E-state index is 12.6. The molecule has 2 N–H and O–H groups in total. The molecule has 140 valence electrons. The Morgan fingerprint density at radius 2 is 2.08 bits per heavy atom. The summed E-state index contributed by atoms with van der Waals surface area (Å²) >= 11 is 1.34. The first-order valence-corrected chi connectivity index (χ1v) is 9.60. The highest BCUT2D eigenvalue weighted by Gasteiger charge is 2.23. The summed E-state index contributed by atoms with van der Waals surface area (Å²) < 4.78 is 10.5. The van der Waals surface area contributed by atoms with Gasteiger partial charge in [-0.1, -0.05) is 24.6 Å². The zero-order valence-electron chi connectivity index (χ0n) is 15.2. The SMILES string of the molecule is COc1ccc(OC)c(NC(=O)C(C)Sc2n[nH]c(C3CCCC3)n2)c1. The lowest BCUT2D eigenvalue weighted by Crippen LogP contribution is -2.22. The summed E-state index contributed by atoms with van der Waals surface area (Å²) in [6.45, 7) is 1.83.